The molecule has 1 atom stereocenters. The maximum atomic E-state index is 12.3. The minimum atomic E-state index is -2.47. The summed E-state index contributed by atoms with van der Waals surface area (Å²) < 4.78 is 24.5. The van der Waals surface area contributed by atoms with Crippen molar-refractivity contribution in [3.8, 4) is 0 Å². The molecule has 0 radical (unpaired) electrons. The normalized spacial score (nSPS) is 21.9. The van der Waals surface area contributed by atoms with Crippen LogP contribution in [0.2, 0.25) is 0 Å². The van der Waals surface area contributed by atoms with Crippen LogP contribution in [0.5, 0.6) is 0 Å². The first-order chi connectivity index (χ1) is 7.27. The summed E-state index contributed by atoms with van der Waals surface area (Å²) in [6.45, 7) is 1.98. The maximum Gasteiger partial charge on any atom is 0.280 e. The number of aromatic nitrogens is 1. The van der Waals surface area contributed by atoms with Gasteiger partial charge in [-0.3, -0.25) is 4.98 Å². The van der Waals surface area contributed by atoms with E-state index < -0.39 is 6.43 Å². The number of nitrogens with zero attached hydrogens (tertiary/aromatic N) is 1. The number of rotatable bonds is 2. The lowest BCUT2D eigenvalue weighted by Crippen LogP contribution is -2.28. The average molecular weight is 212 g/mol. The van der Waals surface area contributed by atoms with Crippen LogP contribution in [0.4, 0.5) is 8.78 Å². The highest BCUT2D eigenvalue weighted by atomic mass is 19.3. The Labute approximate surface area is 87.7 Å². The van der Waals surface area contributed by atoms with Gasteiger partial charge in [0.25, 0.3) is 6.43 Å². The van der Waals surface area contributed by atoms with Crippen LogP contribution in [0.1, 0.15) is 36.4 Å². The molecule has 0 bridgehead atoms. The molecule has 82 valence electrons. The van der Waals surface area contributed by atoms with Crippen LogP contribution >= 0.6 is 0 Å². The molecule has 0 spiro atoms. The van der Waals surface area contributed by atoms with Gasteiger partial charge >= 0.3 is 0 Å². The van der Waals surface area contributed by atoms with Gasteiger partial charge < -0.3 is 5.32 Å². The fourth-order valence-corrected chi connectivity index (χ4v) is 1.92. The van der Waals surface area contributed by atoms with Gasteiger partial charge in [-0.15, -0.1) is 0 Å². The third kappa shape index (κ3) is 2.50. The van der Waals surface area contributed by atoms with Gasteiger partial charge in [-0.25, -0.2) is 8.78 Å². The first-order valence-electron chi connectivity index (χ1n) is 5.22. The molecule has 1 fully saturated rings. The molecule has 0 saturated carbocycles. The van der Waals surface area contributed by atoms with E-state index in [1.165, 1.54) is 6.07 Å². The standard InChI is InChI=1S/C11H14F2N2/c12-11(13)10-4-3-9(7-15-10)8-2-1-5-14-6-8/h3-4,7-8,11,14H,1-2,5-6H2. The van der Waals surface area contributed by atoms with E-state index in [0.29, 0.717) is 5.92 Å². The molecular formula is C11H14F2N2. The highest BCUT2D eigenvalue weighted by Crippen LogP contribution is 2.24. The Morgan fingerprint density at radius 2 is 2.27 bits per heavy atom. The summed E-state index contributed by atoms with van der Waals surface area (Å²) in [5.74, 6) is 0.429. The second-order valence-electron chi connectivity index (χ2n) is 3.86. The predicted octanol–water partition coefficient (Wildman–Crippen LogP) is 2.49. The Hall–Kier alpha value is -1.03. The van der Waals surface area contributed by atoms with E-state index in [1.54, 1.807) is 12.3 Å². The Morgan fingerprint density at radius 1 is 1.40 bits per heavy atom. The Bertz CT molecular complexity index is 305. The molecule has 1 aromatic heterocycles. The number of hydrogen-bond donors (Lipinski definition) is 1. The number of piperidine rings is 1. The molecule has 2 heterocycles. The summed E-state index contributed by atoms with van der Waals surface area (Å²) in [4.78, 5) is 3.78. The van der Waals surface area contributed by atoms with Crippen LogP contribution in [-0.2, 0) is 0 Å². The molecule has 1 aliphatic heterocycles. The molecule has 4 heteroatoms. The van der Waals surface area contributed by atoms with Crippen LogP contribution in [-0.4, -0.2) is 18.1 Å². The second-order valence-corrected chi connectivity index (χ2v) is 3.86. The molecule has 1 aromatic rings. The fraction of sp³-hybridized carbons (Fsp3) is 0.545. The van der Waals surface area contributed by atoms with Crippen molar-refractivity contribution in [3.63, 3.8) is 0 Å². The fourth-order valence-electron chi connectivity index (χ4n) is 1.92. The van der Waals surface area contributed by atoms with Gasteiger partial charge in [0.05, 0.1) is 0 Å². The lowest BCUT2D eigenvalue weighted by atomic mass is 9.93. The summed E-state index contributed by atoms with van der Waals surface area (Å²) in [7, 11) is 0. The van der Waals surface area contributed by atoms with Gasteiger partial charge in [-0.1, -0.05) is 6.07 Å². The van der Waals surface area contributed by atoms with Crippen molar-refractivity contribution in [1.29, 1.82) is 0 Å². The van der Waals surface area contributed by atoms with Crippen molar-refractivity contribution >= 4 is 0 Å². The third-order valence-corrected chi connectivity index (χ3v) is 2.80. The highest BCUT2D eigenvalue weighted by molar-refractivity contribution is 5.19. The molecule has 2 nitrogen and oxygen atoms in total. The van der Waals surface area contributed by atoms with Crippen LogP contribution in [0.15, 0.2) is 18.3 Å². The zero-order valence-corrected chi connectivity index (χ0v) is 8.42. The Balaban J connectivity index is 2.08. The molecule has 15 heavy (non-hydrogen) atoms. The van der Waals surface area contributed by atoms with E-state index in [1.807, 2.05) is 0 Å². The largest absolute Gasteiger partial charge is 0.316 e. The first-order valence-corrected chi connectivity index (χ1v) is 5.22. The topological polar surface area (TPSA) is 24.9 Å². The van der Waals surface area contributed by atoms with Gasteiger partial charge in [0.2, 0.25) is 0 Å². The number of nitrogens with one attached hydrogen (secondary N) is 1. The second kappa shape index (κ2) is 4.66. The minimum absolute atomic E-state index is 0.137. The number of halogens is 2. The zero-order valence-electron chi connectivity index (χ0n) is 8.42. The molecular weight excluding hydrogens is 198 g/mol. The van der Waals surface area contributed by atoms with E-state index >= 15 is 0 Å². The van der Waals surface area contributed by atoms with Gasteiger partial charge in [0.1, 0.15) is 5.69 Å². The summed E-state index contributed by atoms with van der Waals surface area (Å²) in [5.41, 5.74) is 0.925. The van der Waals surface area contributed by atoms with Gasteiger partial charge in [-0.05, 0) is 36.9 Å². The minimum Gasteiger partial charge on any atom is -0.316 e. The number of pyridine rings is 1. The molecule has 0 aromatic carbocycles. The predicted molar refractivity (Wildman–Crippen MR) is 54.0 cm³/mol. The average Bonchev–Trinajstić information content (AvgIpc) is 2.30. The first kappa shape index (κ1) is 10.5. The van der Waals surface area contributed by atoms with Crippen LogP contribution in [0.25, 0.3) is 0 Å². The van der Waals surface area contributed by atoms with Crippen LogP contribution < -0.4 is 5.32 Å². The van der Waals surface area contributed by atoms with Crippen molar-refractivity contribution in [2.24, 2.45) is 0 Å². The maximum absolute atomic E-state index is 12.3. The summed E-state index contributed by atoms with van der Waals surface area (Å²) in [6.07, 6.45) is 1.37. The van der Waals surface area contributed by atoms with Crippen LogP contribution in [0, 0.1) is 0 Å². The SMILES string of the molecule is FC(F)c1ccc(C2CCCNC2)cn1. The van der Waals surface area contributed by atoms with E-state index in [0.717, 1.165) is 31.5 Å². The van der Waals surface area contributed by atoms with Crippen LogP contribution in [0.3, 0.4) is 0 Å². The van der Waals surface area contributed by atoms with E-state index in [2.05, 4.69) is 10.3 Å². The van der Waals surface area contributed by atoms with E-state index in [9.17, 15) is 8.78 Å². The molecule has 1 aliphatic rings. The molecule has 2 rings (SSSR count). The van der Waals surface area contributed by atoms with Crippen molar-refractivity contribution < 1.29 is 8.78 Å². The lowest BCUT2D eigenvalue weighted by Gasteiger charge is -2.22. The van der Waals surface area contributed by atoms with E-state index in [4.69, 9.17) is 0 Å². The highest BCUT2D eigenvalue weighted by Gasteiger charge is 2.16. The van der Waals surface area contributed by atoms with Crippen molar-refractivity contribution in [2.45, 2.75) is 25.2 Å². The zero-order chi connectivity index (χ0) is 10.7. The van der Waals surface area contributed by atoms with E-state index in [-0.39, 0.29) is 5.69 Å². The quantitative estimate of drug-likeness (QED) is 0.814. The number of alkyl halides is 2. The summed E-state index contributed by atoms with van der Waals surface area (Å²) in [5, 5.41) is 3.29. The van der Waals surface area contributed by atoms with Crippen molar-refractivity contribution in [1.82, 2.24) is 10.3 Å². The summed E-state index contributed by atoms with van der Waals surface area (Å²) >= 11 is 0. The third-order valence-electron chi connectivity index (χ3n) is 2.80. The lowest BCUT2D eigenvalue weighted by molar-refractivity contribution is 0.146. The smallest absolute Gasteiger partial charge is 0.280 e. The molecule has 1 unspecified atom stereocenters. The monoisotopic (exact) mass is 212 g/mol. The number of hydrogen-bond acceptors (Lipinski definition) is 2. The molecule has 0 amide bonds. The molecule has 0 aliphatic carbocycles. The molecule has 1 N–H and O–H groups in total. The Kier molecular flexibility index (Phi) is 3.26. The molecule has 1 saturated heterocycles. The van der Waals surface area contributed by atoms with Gasteiger partial charge in [0, 0.05) is 12.7 Å². The Morgan fingerprint density at radius 3 is 2.80 bits per heavy atom. The summed E-state index contributed by atoms with van der Waals surface area (Å²) in [6, 6.07) is 3.20. The van der Waals surface area contributed by atoms with Gasteiger partial charge in [-0.2, -0.15) is 0 Å². The van der Waals surface area contributed by atoms with Crippen molar-refractivity contribution in [3.05, 3.63) is 29.6 Å². The van der Waals surface area contributed by atoms with Gasteiger partial charge in [0.15, 0.2) is 0 Å². The van der Waals surface area contributed by atoms with Crippen molar-refractivity contribution in [2.75, 3.05) is 13.1 Å².